The lowest BCUT2D eigenvalue weighted by Gasteiger charge is -2.19. The first-order valence-electron chi connectivity index (χ1n) is 5.79. The molecule has 3 nitrogen and oxygen atoms in total. The molecule has 0 bridgehead atoms. The molecule has 0 saturated carbocycles. The van der Waals surface area contributed by atoms with Crippen LogP contribution in [-0.4, -0.2) is 0 Å². The zero-order valence-corrected chi connectivity index (χ0v) is 10.5. The van der Waals surface area contributed by atoms with Gasteiger partial charge in [0.25, 0.3) is 0 Å². The predicted molar refractivity (Wildman–Crippen MR) is 71.1 cm³/mol. The minimum atomic E-state index is -0.565. The Morgan fingerprint density at radius 2 is 1.79 bits per heavy atom. The normalized spacial score (nSPS) is 12.4. The third-order valence-corrected chi connectivity index (χ3v) is 2.92. The summed E-state index contributed by atoms with van der Waals surface area (Å²) in [6.45, 7) is 1.77. The molecule has 0 radical (unpaired) electrons. The number of nitrogens with one attached hydrogen (secondary N) is 1. The molecule has 0 fully saturated rings. The molecule has 1 unspecified atom stereocenters. The highest BCUT2D eigenvalue weighted by Crippen LogP contribution is 2.28. The molecule has 0 amide bonds. The lowest BCUT2D eigenvalue weighted by molar-refractivity contribution is 0.595. The van der Waals surface area contributed by atoms with E-state index in [0.29, 0.717) is 16.8 Å². The Morgan fingerprint density at radius 3 is 2.42 bits per heavy atom. The van der Waals surface area contributed by atoms with Gasteiger partial charge >= 0.3 is 0 Å². The van der Waals surface area contributed by atoms with Gasteiger partial charge in [0.05, 0.1) is 6.04 Å². The summed E-state index contributed by atoms with van der Waals surface area (Å²) in [4.78, 5) is 0. The smallest absolute Gasteiger partial charge is 0.123 e. The first kappa shape index (κ1) is 13.5. The number of hydrazine groups is 1. The summed E-state index contributed by atoms with van der Waals surface area (Å²) in [7, 11) is 0. The average molecular weight is 263 g/mol. The van der Waals surface area contributed by atoms with Crippen molar-refractivity contribution in [2.45, 2.75) is 13.0 Å². The number of anilines is 1. The quantitative estimate of drug-likeness (QED) is 0.452. The van der Waals surface area contributed by atoms with Gasteiger partial charge in [-0.3, -0.25) is 5.84 Å². The minimum absolute atomic E-state index is 0.370. The van der Waals surface area contributed by atoms with Crippen molar-refractivity contribution in [3.63, 3.8) is 0 Å². The molecule has 0 aromatic heterocycles. The fourth-order valence-electron chi connectivity index (χ4n) is 2.09. The van der Waals surface area contributed by atoms with Crippen molar-refractivity contribution >= 4 is 5.69 Å². The van der Waals surface area contributed by atoms with E-state index in [9.17, 15) is 8.78 Å². The van der Waals surface area contributed by atoms with Crippen LogP contribution >= 0.6 is 0 Å². The Morgan fingerprint density at radius 1 is 1.05 bits per heavy atom. The zero-order chi connectivity index (χ0) is 14.0. The van der Waals surface area contributed by atoms with Crippen LogP contribution in [0, 0.1) is 18.6 Å². The average Bonchev–Trinajstić information content (AvgIpc) is 2.33. The van der Waals surface area contributed by atoms with E-state index in [-0.39, 0.29) is 5.82 Å². The van der Waals surface area contributed by atoms with Gasteiger partial charge in [-0.25, -0.2) is 14.2 Å². The second kappa shape index (κ2) is 5.34. The molecular formula is C14H15F2N3. The fraction of sp³-hybridized carbons (Fsp3) is 0.143. The minimum Gasteiger partial charge on any atom is -0.398 e. The maximum Gasteiger partial charge on any atom is 0.123 e. The van der Waals surface area contributed by atoms with Gasteiger partial charge in [-0.1, -0.05) is 6.07 Å². The van der Waals surface area contributed by atoms with Gasteiger partial charge < -0.3 is 5.73 Å². The van der Waals surface area contributed by atoms with Crippen LogP contribution in [0.25, 0.3) is 0 Å². The molecule has 0 heterocycles. The molecule has 0 spiro atoms. The maximum atomic E-state index is 13.4. The standard InChI is InChI=1S/C14H15F2N3/c1-8-4-9(6-11(16)5-8)14(19-18)12-7-10(15)2-3-13(12)17/h2-7,14,19H,17-18H2,1H3. The lowest BCUT2D eigenvalue weighted by Crippen LogP contribution is -2.29. The molecule has 2 rings (SSSR count). The monoisotopic (exact) mass is 263 g/mol. The SMILES string of the molecule is Cc1cc(F)cc(C(NN)c2cc(F)ccc2N)c1. The van der Waals surface area contributed by atoms with Crippen LogP contribution in [0.5, 0.6) is 0 Å². The molecule has 5 N–H and O–H groups in total. The second-order valence-electron chi connectivity index (χ2n) is 4.43. The summed E-state index contributed by atoms with van der Waals surface area (Å²) in [6.07, 6.45) is 0. The number of nitrogens with two attached hydrogens (primary N) is 2. The van der Waals surface area contributed by atoms with Crippen molar-refractivity contribution in [1.82, 2.24) is 5.43 Å². The van der Waals surface area contributed by atoms with Crippen LogP contribution in [0.3, 0.4) is 0 Å². The Kier molecular flexibility index (Phi) is 3.78. The first-order valence-corrected chi connectivity index (χ1v) is 5.79. The molecule has 2 aromatic rings. The molecular weight excluding hydrogens is 248 g/mol. The van der Waals surface area contributed by atoms with E-state index >= 15 is 0 Å². The highest BCUT2D eigenvalue weighted by atomic mass is 19.1. The number of hydrogen-bond donors (Lipinski definition) is 3. The van der Waals surface area contributed by atoms with Crippen molar-refractivity contribution in [3.8, 4) is 0 Å². The fourth-order valence-corrected chi connectivity index (χ4v) is 2.09. The summed E-state index contributed by atoms with van der Waals surface area (Å²) < 4.78 is 26.8. The molecule has 2 aromatic carbocycles. The zero-order valence-electron chi connectivity index (χ0n) is 10.5. The van der Waals surface area contributed by atoms with E-state index in [2.05, 4.69) is 5.43 Å². The molecule has 0 aliphatic carbocycles. The molecule has 0 aliphatic rings. The molecule has 0 aliphatic heterocycles. The first-order chi connectivity index (χ1) is 9.01. The summed E-state index contributed by atoms with van der Waals surface area (Å²) in [5, 5.41) is 0. The second-order valence-corrected chi connectivity index (χ2v) is 4.43. The number of rotatable bonds is 3. The van der Waals surface area contributed by atoms with Gasteiger partial charge in [0.2, 0.25) is 0 Å². The van der Waals surface area contributed by atoms with E-state index in [1.54, 1.807) is 13.0 Å². The Hall–Kier alpha value is -1.98. The van der Waals surface area contributed by atoms with Crippen molar-refractivity contribution < 1.29 is 8.78 Å². The number of hydrogen-bond acceptors (Lipinski definition) is 3. The Balaban J connectivity index is 2.52. The van der Waals surface area contributed by atoms with Crippen molar-refractivity contribution in [1.29, 1.82) is 0 Å². The number of halogens is 2. The maximum absolute atomic E-state index is 13.4. The van der Waals surface area contributed by atoms with E-state index in [1.807, 2.05) is 0 Å². The summed E-state index contributed by atoms with van der Waals surface area (Å²) >= 11 is 0. The Bertz CT molecular complexity index is 579. The topological polar surface area (TPSA) is 64.1 Å². The van der Waals surface area contributed by atoms with Crippen LogP contribution < -0.4 is 17.0 Å². The van der Waals surface area contributed by atoms with Gasteiger partial charge in [0.1, 0.15) is 11.6 Å². The van der Waals surface area contributed by atoms with Crippen LogP contribution in [-0.2, 0) is 0 Å². The van der Waals surface area contributed by atoms with E-state index in [1.165, 1.54) is 30.3 Å². The predicted octanol–water partition coefficient (Wildman–Crippen LogP) is 2.41. The van der Waals surface area contributed by atoms with E-state index < -0.39 is 11.9 Å². The van der Waals surface area contributed by atoms with Gasteiger partial charge in [0.15, 0.2) is 0 Å². The van der Waals surface area contributed by atoms with E-state index in [4.69, 9.17) is 11.6 Å². The highest BCUT2D eigenvalue weighted by Gasteiger charge is 2.17. The lowest BCUT2D eigenvalue weighted by atomic mass is 9.96. The van der Waals surface area contributed by atoms with Crippen LogP contribution in [0.15, 0.2) is 36.4 Å². The molecule has 5 heteroatoms. The Labute approximate surface area is 110 Å². The highest BCUT2D eigenvalue weighted by molar-refractivity contribution is 5.51. The number of benzene rings is 2. The van der Waals surface area contributed by atoms with Crippen molar-refractivity contribution in [2.75, 3.05) is 5.73 Å². The van der Waals surface area contributed by atoms with Gasteiger partial charge in [0, 0.05) is 11.3 Å². The molecule has 100 valence electrons. The van der Waals surface area contributed by atoms with E-state index in [0.717, 1.165) is 5.56 Å². The van der Waals surface area contributed by atoms with Gasteiger partial charge in [-0.2, -0.15) is 0 Å². The van der Waals surface area contributed by atoms with Gasteiger partial charge in [-0.15, -0.1) is 0 Å². The third kappa shape index (κ3) is 2.89. The molecule has 1 atom stereocenters. The van der Waals surface area contributed by atoms with Crippen molar-refractivity contribution in [3.05, 3.63) is 64.7 Å². The third-order valence-electron chi connectivity index (χ3n) is 2.92. The van der Waals surface area contributed by atoms with Crippen LogP contribution in [0.4, 0.5) is 14.5 Å². The van der Waals surface area contributed by atoms with Crippen LogP contribution in [0.1, 0.15) is 22.7 Å². The number of nitrogen functional groups attached to an aromatic ring is 1. The van der Waals surface area contributed by atoms with Gasteiger partial charge in [-0.05, 0) is 48.4 Å². The molecule has 19 heavy (non-hydrogen) atoms. The number of aryl methyl sites for hydroxylation is 1. The summed E-state index contributed by atoms with van der Waals surface area (Å²) in [5.74, 6) is 4.72. The van der Waals surface area contributed by atoms with Crippen LogP contribution in [0.2, 0.25) is 0 Å². The largest absolute Gasteiger partial charge is 0.398 e. The summed E-state index contributed by atoms with van der Waals surface area (Å²) in [5.41, 5.74) is 10.6. The van der Waals surface area contributed by atoms with Crippen molar-refractivity contribution in [2.24, 2.45) is 5.84 Å². The summed E-state index contributed by atoms with van der Waals surface area (Å²) in [6, 6.07) is 7.99. The molecule has 0 saturated heterocycles.